The molecule has 0 saturated heterocycles. The van der Waals surface area contributed by atoms with E-state index >= 15 is 0 Å². The van der Waals surface area contributed by atoms with Crippen molar-refractivity contribution in [2.45, 2.75) is 91.4 Å². The largest absolute Gasteiger partial charge is 0.463 e. The van der Waals surface area contributed by atoms with Crippen LogP contribution in [0.4, 0.5) is 0 Å². The summed E-state index contributed by atoms with van der Waals surface area (Å²) in [6.45, 7) is 10.4. The van der Waals surface area contributed by atoms with E-state index in [0.717, 1.165) is 38.5 Å². The quantitative estimate of drug-likeness (QED) is 0.113. The summed E-state index contributed by atoms with van der Waals surface area (Å²) in [6, 6.07) is 0. The van der Waals surface area contributed by atoms with Crippen LogP contribution in [-0.4, -0.2) is 78.0 Å². The smallest absolute Gasteiger partial charge is 0.308 e. The third-order valence-corrected chi connectivity index (χ3v) is 5.55. The highest BCUT2D eigenvalue weighted by molar-refractivity contribution is 5.72. The highest BCUT2D eigenvalue weighted by Gasteiger charge is 2.16. The Bertz CT molecular complexity index is 472. The molecule has 1 atom stereocenters. The van der Waals surface area contributed by atoms with Crippen LogP contribution in [0.15, 0.2) is 0 Å². The lowest BCUT2D eigenvalue weighted by Gasteiger charge is -2.13. The molecule has 208 valence electrons. The number of rotatable bonds is 27. The summed E-state index contributed by atoms with van der Waals surface area (Å²) in [6.07, 6.45) is 11.3. The number of carbonyl (C=O) groups is 2. The van der Waals surface area contributed by atoms with Gasteiger partial charge >= 0.3 is 11.9 Å². The van der Waals surface area contributed by atoms with Gasteiger partial charge in [0.1, 0.15) is 13.2 Å². The first-order valence-electron chi connectivity index (χ1n) is 13.8. The topological polar surface area (TPSA) is 89.5 Å². The van der Waals surface area contributed by atoms with Gasteiger partial charge < -0.3 is 28.4 Å². The van der Waals surface area contributed by atoms with Crippen molar-refractivity contribution >= 4 is 11.9 Å². The normalized spacial score (nSPS) is 12.0. The van der Waals surface area contributed by atoms with Gasteiger partial charge in [-0.1, -0.05) is 65.7 Å². The average Bonchev–Trinajstić information content (AvgIpc) is 2.86. The van der Waals surface area contributed by atoms with E-state index in [1.165, 1.54) is 25.7 Å². The van der Waals surface area contributed by atoms with Gasteiger partial charge in [0.25, 0.3) is 0 Å². The molecule has 0 aliphatic heterocycles. The molecule has 0 aromatic heterocycles. The minimum Gasteiger partial charge on any atom is -0.463 e. The van der Waals surface area contributed by atoms with Gasteiger partial charge in [0.15, 0.2) is 0 Å². The Balaban J connectivity index is 3.28. The molecule has 0 aliphatic carbocycles. The molecule has 0 fully saturated rings. The van der Waals surface area contributed by atoms with Gasteiger partial charge in [0.05, 0.1) is 58.8 Å². The third kappa shape index (κ3) is 24.3. The highest BCUT2D eigenvalue weighted by atomic mass is 16.6. The zero-order valence-electron chi connectivity index (χ0n) is 22.7. The van der Waals surface area contributed by atoms with Gasteiger partial charge in [-0.2, -0.15) is 0 Å². The minimum atomic E-state index is -0.143. The first-order chi connectivity index (χ1) is 17.2. The van der Waals surface area contributed by atoms with E-state index in [9.17, 15) is 9.59 Å². The van der Waals surface area contributed by atoms with Crippen molar-refractivity contribution in [3.05, 3.63) is 0 Å². The van der Waals surface area contributed by atoms with Crippen molar-refractivity contribution in [2.75, 3.05) is 66.1 Å². The lowest BCUT2D eigenvalue weighted by atomic mass is 10.00. The molecule has 8 nitrogen and oxygen atoms in total. The second-order valence-electron chi connectivity index (χ2n) is 8.60. The van der Waals surface area contributed by atoms with E-state index in [0.29, 0.717) is 59.3 Å². The van der Waals surface area contributed by atoms with Crippen molar-refractivity contribution in [3.8, 4) is 0 Å². The highest BCUT2D eigenvalue weighted by Crippen LogP contribution is 2.14. The van der Waals surface area contributed by atoms with Crippen LogP contribution < -0.4 is 0 Å². The summed E-state index contributed by atoms with van der Waals surface area (Å²) in [5, 5.41) is 0. The van der Waals surface area contributed by atoms with Crippen molar-refractivity contribution in [3.63, 3.8) is 0 Å². The van der Waals surface area contributed by atoms with Crippen LogP contribution in [0.5, 0.6) is 0 Å². The molecule has 0 amide bonds. The van der Waals surface area contributed by atoms with Gasteiger partial charge in [-0.3, -0.25) is 9.59 Å². The van der Waals surface area contributed by atoms with E-state index in [1.807, 2.05) is 6.92 Å². The van der Waals surface area contributed by atoms with Crippen molar-refractivity contribution < 1.29 is 38.0 Å². The molecule has 8 heteroatoms. The van der Waals surface area contributed by atoms with Crippen LogP contribution in [0, 0.1) is 5.92 Å². The van der Waals surface area contributed by atoms with Crippen LogP contribution >= 0.6 is 0 Å². The maximum Gasteiger partial charge on any atom is 0.308 e. The Morgan fingerprint density at radius 3 is 1.51 bits per heavy atom. The van der Waals surface area contributed by atoms with Gasteiger partial charge in [0, 0.05) is 6.42 Å². The lowest BCUT2D eigenvalue weighted by molar-refractivity contribution is -0.150. The molecular weight excluding hydrogens is 452 g/mol. The van der Waals surface area contributed by atoms with Crippen LogP contribution in [0.3, 0.4) is 0 Å². The summed E-state index contributed by atoms with van der Waals surface area (Å²) in [7, 11) is 0. The molecule has 0 aromatic rings. The van der Waals surface area contributed by atoms with Gasteiger partial charge in [-0.25, -0.2) is 0 Å². The molecule has 1 unspecified atom stereocenters. The van der Waals surface area contributed by atoms with Crippen molar-refractivity contribution in [2.24, 2.45) is 5.92 Å². The van der Waals surface area contributed by atoms with Crippen LogP contribution in [0.1, 0.15) is 91.4 Å². The minimum absolute atomic E-state index is 0.000865. The van der Waals surface area contributed by atoms with Crippen LogP contribution in [-0.2, 0) is 38.0 Å². The predicted octanol–water partition coefficient (Wildman–Crippen LogP) is 5.11. The maximum atomic E-state index is 12.0. The van der Waals surface area contributed by atoms with Crippen LogP contribution in [0.2, 0.25) is 0 Å². The van der Waals surface area contributed by atoms with E-state index in [4.69, 9.17) is 28.4 Å². The Kier molecular flexibility index (Phi) is 26.4. The summed E-state index contributed by atoms with van der Waals surface area (Å²) in [4.78, 5) is 23.6. The van der Waals surface area contributed by atoms with Gasteiger partial charge in [-0.15, -0.1) is 0 Å². The fraction of sp³-hybridized carbons (Fsp3) is 0.926. The number of esters is 2. The second kappa shape index (κ2) is 27.4. The fourth-order valence-electron chi connectivity index (χ4n) is 3.36. The summed E-state index contributed by atoms with van der Waals surface area (Å²) in [5.74, 6) is -0.262. The number of unbranched alkanes of at least 4 members (excludes halogenated alkanes) is 6. The van der Waals surface area contributed by atoms with E-state index in [2.05, 4.69) is 13.8 Å². The van der Waals surface area contributed by atoms with E-state index in [1.54, 1.807) is 0 Å². The summed E-state index contributed by atoms with van der Waals surface area (Å²) in [5.41, 5.74) is 0. The number of ether oxygens (including phenoxy) is 6. The van der Waals surface area contributed by atoms with E-state index < -0.39 is 0 Å². The number of carbonyl (C=O) groups excluding carboxylic acids is 2. The molecular formula is C27H52O8. The zero-order chi connectivity index (χ0) is 25.8. The average molecular weight is 505 g/mol. The first-order valence-corrected chi connectivity index (χ1v) is 13.8. The number of hydrogen-bond donors (Lipinski definition) is 0. The third-order valence-electron chi connectivity index (χ3n) is 5.55. The van der Waals surface area contributed by atoms with Crippen LogP contribution in [0.25, 0.3) is 0 Å². The SMILES string of the molecule is CCCCCCCCC(=O)OCCOCCOCCOCCOCCOC(=O)C(CC)CCCC. The molecule has 0 aliphatic rings. The molecule has 0 radical (unpaired) electrons. The van der Waals surface area contributed by atoms with Gasteiger partial charge in [-0.05, 0) is 19.3 Å². The van der Waals surface area contributed by atoms with E-state index in [-0.39, 0.29) is 31.1 Å². The monoisotopic (exact) mass is 504 g/mol. The first kappa shape index (κ1) is 33.8. The standard InChI is InChI=1S/C27H52O8/c1-4-7-9-10-11-12-14-26(28)34-23-21-32-19-17-30-15-16-31-18-20-33-22-24-35-27(29)25(6-3)13-8-5-2/h25H,4-24H2,1-3H3. The molecule has 0 rings (SSSR count). The molecule has 0 N–H and O–H groups in total. The van der Waals surface area contributed by atoms with Gasteiger partial charge in [0.2, 0.25) is 0 Å². The maximum absolute atomic E-state index is 12.0. The Hall–Kier alpha value is -1.22. The molecule has 0 spiro atoms. The van der Waals surface area contributed by atoms with Crippen molar-refractivity contribution in [1.82, 2.24) is 0 Å². The molecule has 0 heterocycles. The molecule has 0 bridgehead atoms. The Morgan fingerprint density at radius 1 is 0.543 bits per heavy atom. The Labute approximate surface area is 213 Å². The number of hydrogen-bond acceptors (Lipinski definition) is 8. The molecule has 0 saturated carbocycles. The zero-order valence-corrected chi connectivity index (χ0v) is 22.7. The molecule has 35 heavy (non-hydrogen) atoms. The summed E-state index contributed by atoms with van der Waals surface area (Å²) < 4.78 is 32.1. The Morgan fingerprint density at radius 2 is 1.00 bits per heavy atom. The predicted molar refractivity (Wildman–Crippen MR) is 136 cm³/mol. The fourth-order valence-corrected chi connectivity index (χ4v) is 3.36. The summed E-state index contributed by atoms with van der Waals surface area (Å²) >= 11 is 0. The lowest BCUT2D eigenvalue weighted by Crippen LogP contribution is -2.20. The molecule has 0 aromatic carbocycles. The van der Waals surface area contributed by atoms with Crippen molar-refractivity contribution in [1.29, 1.82) is 0 Å². The second-order valence-corrected chi connectivity index (χ2v) is 8.60.